The quantitative estimate of drug-likeness (QED) is 0.243. The van der Waals surface area contributed by atoms with E-state index >= 15 is 0 Å². The van der Waals surface area contributed by atoms with Gasteiger partial charge in [0.15, 0.2) is 11.6 Å². The molecule has 0 unspecified atom stereocenters. The van der Waals surface area contributed by atoms with E-state index in [1.165, 1.54) is 69.1 Å². The van der Waals surface area contributed by atoms with E-state index < -0.39 is 26.7 Å². The summed E-state index contributed by atoms with van der Waals surface area (Å²) >= 11 is 0. The molecule has 1 aliphatic carbocycles. The van der Waals surface area contributed by atoms with Gasteiger partial charge in [-0.2, -0.15) is 0 Å². The second-order valence-corrected chi connectivity index (χ2v) is 12.6. The van der Waals surface area contributed by atoms with Gasteiger partial charge in [0.1, 0.15) is 0 Å². The third-order valence-electron chi connectivity index (χ3n) is 7.20. The second kappa shape index (κ2) is 10.3. The Morgan fingerprint density at radius 2 is 1.62 bits per heavy atom. The van der Waals surface area contributed by atoms with Crippen LogP contribution in [0.4, 0.5) is 17.6 Å². The van der Waals surface area contributed by atoms with Crippen molar-refractivity contribution in [3.63, 3.8) is 0 Å². The smallest absolute Gasteiger partial charge is 0.403 e. The number of ether oxygens (including phenoxy) is 1. The van der Waals surface area contributed by atoms with E-state index in [2.05, 4.69) is 11.7 Å². The van der Waals surface area contributed by atoms with E-state index in [9.17, 15) is 17.6 Å². The van der Waals surface area contributed by atoms with Gasteiger partial charge in [0.25, 0.3) is 0 Å². The maximum absolute atomic E-state index is 14.0. The summed E-state index contributed by atoms with van der Waals surface area (Å²) < 4.78 is 54.7. The number of unbranched alkanes of at least 4 members (excludes halogenated alkanes) is 2. The molecule has 29 heavy (non-hydrogen) atoms. The van der Waals surface area contributed by atoms with E-state index in [1.807, 2.05) is 0 Å². The van der Waals surface area contributed by atoms with Crippen molar-refractivity contribution in [1.29, 1.82) is 0 Å². The second-order valence-electron chi connectivity index (χ2n) is 9.13. The zero-order chi connectivity index (χ0) is 20.9. The number of hydrogen-bond donors (Lipinski definition) is 0. The summed E-state index contributed by atoms with van der Waals surface area (Å²) in [5.74, 6) is 0.239. The lowest BCUT2D eigenvalue weighted by atomic mass is 9.72. The van der Waals surface area contributed by atoms with E-state index in [4.69, 9.17) is 0 Å². The minimum absolute atomic E-state index is 0.250. The van der Waals surface area contributed by atoms with Crippen molar-refractivity contribution in [3.8, 4) is 5.75 Å². The summed E-state index contributed by atoms with van der Waals surface area (Å²) in [6.07, 6.45) is 6.46. The van der Waals surface area contributed by atoms with Crippen LogP contribution in [0.3, 0.4) is 0 Å². The number of hydrogen-bond acceptors (Lipinski definition) is 1. The van der Waals surface area contributed by atoms with Gasteiger partial charge in [-0.05, 0) is 61.1 Å². The standard InChI is InChI=1S/C23H34F4OSi/c1-2-3-4-13-29-14-11-19(12-15-29)17-5-7-18(8-6-17)20-9-10-22(21(24)16-20)28-23(25,26)27/h9-10,16-19,29H,2-8,11-15H2,1H3/t17-,18-,19-,29-. The third kappa shape index (κ3) is 6.73. The fraction of sp³-hybridized carbons (Fsp3) is 0.739. The molecule has 0 bridgehead atoms. The third-order valence-corrected chi connectivity index (χ3v) is 10.7. The van der Waals surface area contributed by atoms with Gasteiger partial charge in [-0.15, -0.1) is 13.2 Å². The highest BCUT2D eigenvalue weighted by Gasteiger charge is 2.34. The zero-order valence-electron chi connectivity index (χ0n) is 17.4. The fourth-order valence-corrected chi connectivity index (χ4v) is 9.06. The topological polar surface area (TPSA) is 9.23 Å². The molecule has 1 nitrogen and oxygen atoms in total. The van der Waals surface area contributed by atoms with Gasteiger partial charge in [0.2, 0.25) is 0 Å². The van der Waals surface area contributed by atoms with Crippen LogP contribution < -0.4 is 4.74 Å². The summed E-state index contributed by atoms with van der Waals surface area (Å²) in [5, 5.41) is 0. The number of alkyl halides is 3. The lowest BCUT2D eigenvalue weighted by Gasteiger charge is -2.37. The van der Waals surface area contributed by atoms with Crippen LogP contribution in [-0.4, -0.2) is 15.2 Å². The number of benzene rings is 1. The van der Waals surface area contributed by atoms with Crippen molar-refractivity contribution < 1.29 is 22.3 Å². The van der Waals surface area contributed by atoms with Crippen molar-refractivity contribution in [2.75, 3.05) is 0 Å². The molecule has 0 spiro atoms. The van der Waals surface area contributed by atoms with Crippen molar-refractivity contribution in [3.05, 3.63) is 29.6 Å². The fourth-order valence-electron chi connectivity index (χ4n) is 5.53. The van der Waals surface area contributed by atoms with Crippen LogP contribution in [0.25, 0.3) is 0 Å². The Labute approximate surface area is 173 Å². The lowest BCUT2D eigenvalue weighted by molar-refractivity contribution is -0.275. The van der Waals surface area contributed by atoms with E-state index in [0.29, 0.717) is 0 Å². The summed E-state index contributed by atoms with van der Waals surface area (Å²) in [6.45, 7) is 2.27. The van der Waals surface area contributed by atoms with Gasteiger partial charge < -0.3 is 4.74 Å². The first-order valence-electron chi connectivity index (χ1n) is 11.4. The summed E-state index contributed by atoms with van der Waals surface area (Å²) in [4.78, 5) is 0. The minimum atomic E-state index is -4.86. The maximum Gasteiger partial charge on any atom is 0.573 e. The molecule has 0 aromatic heterocycles. The van der Waals surface area contributed by atoms with Crippen LogP contribution in [-0.2, 0) is 0 Å². The van der Waals surface area contributed by atoms with Gasteiger partial charge in [-0.3, -0.25) is 0 Å². The summed E-state index contributed by atoms with van der Waals surface area (Å²) in [7, 11) is -0.472. The molecular formula is C23H34F4OSi. The lowest BCUT2D eigenvalue weighted by Crippen LogP contribution is -2.28. The Morgan fingerprint density at radius 1 is 0.966 bits per heavy atom. The molecule has 3 rings (SSSR count). The number of halogens is 4. The molecule has 2 fully saturated rings. The van der Waals surface area contributed by atoms with Crippen LogP contribution in [0.15, 0.2) is 18.2 Å². The molecule has 0 radical (unpaired) electrons. The first kappa shape index (κ1) is 22.6. The van der Waals surface area contributed by atoms with Gasteiger partial charge in [-0.1, -0.05) is 63.2 Å². The molecule has 1 aliphatic heterocycles. The van der Waals surface area contributed by atoms with Gasteiger partial charge in [0, 0.05) is 8.80 Å². The maximum atomic E-state index is 14.0. The van der Waals surface area contributed by atoms with Gasteiger partial charge >= 0.3 is 6.36 Å². The monoisotopic (exact) mass is 430 g/mol. The van der Waals surface area contributed by atoms with Crippen LogP contribution in [0.2, 0.25) is 18.1 Å². The Bertz CT molecular complexity index is 632. The Balaban J connectivity index is 1.45. The normalized spacial score (nSPS) is 28.3. The first-order valence-corrected chi connectivity index (χ1v) is 13.9. The Hall–Kier alpha value is -1.04. The van der Waals surface area contributed by atoms with Crippen LogP contribution in [0, 0.1) is 17.7 Å². The molecule has 1 heterocycles. The van der Waals surface area contributed by atoms with E-state index in [0.717, 1.165) is 36.3 Å². The van der Waals surface area contributed by atoms with Crippen molar-refractivity contribution in [2.45, 2.75) is 95.1 Å². The van der Waals surface area contributed by atoms with E-state index in [-0.39, 0.29) is 5.92 Å². The first-order chi connectivity index (χ1) is 13.9. The average Bonchev–Trinajstić information content (AvgIpc) is 2.69. The Kier molecular flexibility index (Phi) is 8.05. The average molecular weight is 431 g/mol. The molecule has 1 saturated heterocycles. The van der Waals surface area contributed by atoms with Gasteiger partial charge in [-0.25, -0.2) is 4.39 Å². The van der Waals surface area contributed by atoms with E-state index in [1.54, 1.807) is 6.07 Å². The van der Waals surface area contributed by atoms with Crippen LogP contribution >= 0.6 is 0 Å². The van der Waals surface area contributed by atoms with Crippen molar-refractivity contribution in [1.82, 2.24) is 0 Å². The highest BCUT2D eigenvalue weighted by molar-refractivity contribution is 6.58. The Morgan fingerprint density at radius 3 is 2.21 bits per heavy atom. The molecule has 2 aliphatic rings. The molecule has 1 saturated carbocycles. The largest absolute Gasteiger partial charge is 0.573 e. The molecule has 164 valence electrons. The molecule has 0 N–H and O–H groups in total. The molecule has 1 aromatic rings. The van der Waals surface area contributed by atoms with Crippen molar-refractivity contribution >= 4 is 8.80 Å². The van der Waals surface area contributed by atoms with Crippen LogP contribution in [0.5, 0.6) is 5.75 Å². The van der Waals surface area contributed by atoms with Gasteiger partial charge in [0.05, 0.1) is 0 Å². The SMILES string of the molecule is CCCCC[Si@H]1CC[C@H]([C@H]2CC[C@H](c3ccc(OC(F)(F)F)c(F)c3)CC2)CC1. The van der Waals surface area contributed by atoms with Crippen molar-refractivity contribution in [2.24, 2.45) is 11.8 Å². The highest BCUT2D eigenvalue weighted by atomic mass is 28.3. The zero-order valence-corrected chi connectivity index (χ0v) is 18.6. The molecular weight excluding hydrogens is 396 g/mol. The predicted octanol–water partition coefficient (Wildman–Crippen LogP) is 7.83. The predicted molar refractivity (Wildman–Crippen MR) is 112 cm³/mol. The molecule has 0 atom stereocenters. The molecule has 1 aromatic carbocycles. The molecule has 6 heteroatoms. The molecule has 0 amide bonds. The highest BCUT2D eigenvalue weighted by Crippen LogP contribution is 2.44. The number of rotatable bonds is 7. The minimum Gasteiger partial charge on any atom is -0.403 e. The summed E-state index contributed by atoms with van der Waals surface area (Å²) in [5.41, 5.74) is 0.808. The van der Waals surface area contributed by atoms with Crippen LogP contribution in [0.1, 0.15) is 76.2 Å². The summed E-state index contributed by atoms with van der Waals surface area (Å²) in [6, 6.07) is 8.52.